The van der Waals surface area contributed by atoms with Gasteiger partial charge in [-0.1, -0.05) is 30.3 Å². The molecule has 0 aliphatic heterocycles. The van der Waals surface area contributed by atoms with Crippen LogP contribution < -0.4 is 9.47 Å². The van der Waals surface area contributed by atoms with E-state index in [0.29, 0.717) is 40.7 Å². The van der Waals surface area contributed by atoms with E-state index >= 15 is 0 Å². The molecule has 30 heavy (non-hydrogen) atoms. The highest BCUT2D eigenvalue weighted by Crippen LogP contribution is 2.34. The van der Waals surface area contributed by atoms with Gasteiger partial charge in [0.05, 0.1) is 17.2 Å². The van der Waals surface area contributed by atoms with Gasteiger partial charge in [-0.15, -0.1) is 0 Å². The Balaban J connectivity index is 1.70. The summed E-state index contributed by atoms with van der Waals surface area (Å²) in [4.78, 5) is 23.0. The molecule has 152 valence electrons. The number of carboxylic acids is 1. The Morgan fingerprint density at radius 2 is 1.87 bits per heavy atom. The number of carbonyl (C=O) groups is 1. The van der Waals surface area contributed by atoms with Gasteiger partial charge in [-0.2, -0.15) is 0 Å². The van der Waals surface area contributed by atoms with Crippen LogP contribution in [0.4, 0.5) is 0 Å². The lowest BCUT2D eigenvalue weighted by Gasteiger charge is -2.15. The molecule has 7 nitrogen and oxygen atoms in total. The maximum Gasteiger partial charge on any atom is 0.354 e. The number of rotatable bonds is 7. The van der Waals surface area contributed by atoms with Gasteiger partial charge in [0, 0.05) is 0 Å². The van der Waals surface area contributed by atoms with E-state index in [4.69, 9.17) is 14.6 Å². The number of fused-ring (bicyclic) bond motifs is 1. The zero-order valence-electron chi connectivity index (χ0n) is 16.6. The topological polar surface area (TPSA) is 97.3 Å². The zero-order valence-corrected chi connectivity index (χ0v) is 16.6. The van der Waals surface area contributed by atoms with Crippen LogP contribution in [0.2, 0.25) is 0 Å². The smallest absolute Gasteiger partial charge is 0.354 e. The highest BCUT2D eigenvalue weighted by Gasteiger charge is 2.16. The van der Waals surface area contributed by atoms with Crippen LogP contribution in [-0.4, -0.2) is 32.1 Å². The molecule has 0 fully saturated rings. The Hall–Kier alpha value is -3.87. The monoisotopic (exact) mass is 403 g/mol. The average molecular weight is 403 g/mol. The number of aromatic carboxylic acids is 1. The van der Waals surface area contributed by atoms with Crippen molar-refractivity contribution in [1.29, 1.82) is 0 Å². The van der Waals surface area contributed by atoms with Crippen LogP contribution in [-0.2, 0) is 6.61 Å². The first-order valence-electron chi connectivity index (χ1n) is 9.57. The summed E-state index contributed by atoms with van der Waals surface area (Å²) < 4.78 is 11.9. The fourth-order valence-corrected chi connectivity index (χ4v) is 3.02. The molecule has 2 N–H and O–H groups in total. The minimum atomic E-state index is -1.10. The summed E-state index contributed by atoms with van der Waals surface area (Å²) in [6.07, 6.45) is -0.0269. The summed E-state index contributed by atoms with van der Waals surface area (Å²) in [5.41, 5.74) is 2.69. The quantitative estimate of drug-likeness (QED) is 0.465. The van der Waals surface area contributed by atoms with Crippen LogP contribution in [0.1, 0.15) is 29.9 Å². The third-order valence-electron chi connectivity index (χ3n) is 4.38. The van der Waals surface area contributed by atoms with Gasteiger partial charge in [-0.25, -0.2) is 14.8 Å². The first-order valence-corrected chi connectivity index (χ1v) is 9.57. The molecule has 0 aliphatic carbocycles. The summed E-state index contributed by atoms with van der Waals surface area (Å²) in [6.45, 7) is 4.33. The van der Waals surface area contributed by atoms with Crippen molar-refractivity contribution < 1.29 is 19.4 Å². The number of nitrogens with zero attached hydrogens (tertiary/aromatic N) is 2. The molecule has 0 unspecified atom stereocenters. The van der Waals surface area contributed by atoms with Gasteiger partial charge < -0.3 is 19.6 Å². The molecule has 4 aromatic rings. The molecule has 0 spiro atoms. The van der Waals surface area contributed by atoms with E-state index in [1.54, 1.807) is 6.07 Å². The third-order valence-corrected chi connectivity index (χ3v) is 4.38. The Morgan fingerprint density at radius 1 is 1.07 bits per heavy atom. The summed E-state index contributed by atoms with van der Waals surface area (Å²) in [7, 11) is 0. The molecular formula is C23H21N3O4. The van der Waals surface area contributed by atoms with Crippen molar-refractivity contribution in [3.8, 4) is 22.9 Å². The summed E-state index contributed by atoms with van der Waals surface area (Å²) in [5.74, 6) is 0.751. The van der Waals surface area contributed by atoms with Crippen molar-refractivity contribution >= 4 is 17.1 Å². The minimum absolute atomic E-state index is 0.0269. The second-order valence-electron chi connectivity index (χ2n) is 7.06. The van der Waals surface area contributed by atoms with Crippen molar-refractivity contribution in [2.45, 2.75) is 26.6 Å². The Labute approximate surface area is 173 Å². The highest BCUT2D eigenvalue weighted by molar-refractivity contribution is 5.88. The standard InChI is InChI=1S/C23H21N3O4/c1-14(2)30-20-11-8-16(29-13-15-6-4-3-5-7-15)12-17(20)21-24-18-9-10-19(23(27)28)25-22(18)26-21/h3-12,14H,13H2,1-2H3,(H,27,28)(H,24,25,26). The summed E-state index contributed by atoms with van der Waals surface area (Å²) in [5, 5.41) is 9.16. The molecule has 4 rings (SSSR count). The number of imidazole rings is 1. The van der Waals surface area contributed by atoms with E-state index < -0.39 is 5.97 Å². The van der Waals surface area contributed by atoms with Crippen molar-refractivity contribution in [3.05, 3.63) is 71.9 Å². The van der Waals surface area contributed by atoms with E-state index in [-0.39, 0.29) is 11.8 Å². The van der Waals surface area contributed by atoms with Crippen molar-refractivity contribution in [2.24, 2.45) is 0 Å². The highest BCUT2D eigenvalue weighted by atomic mass is 16.5. The number of nitrogens with one attached hydrogen (secondary N) is 1. The molecule has 0 amide bonds. The fraction of sp³-hybridized carbons (Fsp3) is 0.174. The number of H-pyrrole nitrogens is 1. The van der Waals surface area contributed by atoms with E-state index in [1.165, 1.54) is 6.07 Å². The molecule has 0 atom stereocenters. The van der Waals surface area contributed by atoms with Gasteiger partial charge >= 0.3 is 5.97 Å². The normalized spacial score (nSPS) is 11.0. The fourth-order valence-electron chi connectivity index (χ4n) is 3.02. The van der Waals surface area contributed by atoms with E-state index in [0.717, 1.165) is 5.56 Å². The number of ether oxygens (including phenoxy) is 2. The lowest BCUT2D eigenvalue weighted by molar-refractivity contribution is 0.0691. The number of hydrogen-bond donors (Lipinski definition) is 2. The van der Waals surface area contributed by atoms with E-state index in [9.17, 15) is 4.79 Å². The maximum absolute atomic E-state index is 11.2. The van der Waals surface area contributed by atoms with Crippen LogP contribution in [0, 0.1) is 0 Å². The lowest BCUT2D eigenvalue weighted by atomic mass is 10.1. The number of pyridine rings is 1. The number of aromatic amines is 1. The van der Waals surface area contributed by atoms with Crippen LogP contribution in [0.25, 0.3) is 22.6 Å². The molecular weight excluding hydrogens is 382 g/mol. The first-order chi connectivity index (χ1) is 14.5. The van der Waals surface area contributed by atoms with Crippen LogP contribution in [0.3, 0.4) is 0 Å². The molecule has 0 saturated heterocycles. The van der Waals surface area contributed by atoms with Crippen LogP contribution in [0.15, 0.2) is 60.7 Å². The maximum atomic E-state index is 11.2. The van der Waals surface area contributed by atoms with Gasteiger partial charge in [-0.3, -0.25) is 0 Å². The first kappa shape index (κ1) is 19.4. The second kappa shape index (κ2) is 8.24. The Bertz CT molecular complexity index is 1190. The summed E-state index contributed by atoms with van der Waals surface area (Å²) >= 11 is 0. The molecule has 2 heterocycles. The molecule has 2 aromatic heterocycles. The van der Waals surface area contributed by atoms with Crippen LogP contribution in [0.5, 0.6) is 11.5 Å². The molecule has 0 aliphatic rings. The molecule has 0 saturated carbocycles. The van der Waals surface area contributed by atoms with Gasteiger partial charge in [0.15, 0.2) is 11.3 Å². The second-order valence-corrected chi connectivity index (χ2v) is 7.06. The molecule has 7 heteroatoms. The van der Waals surface area contributed by atoms with Gasteiger partial charge in [0.25, 0.3) is 0 Å². The van der Waals surface area contributed by atoms with Crippen molar-refractivity contribution in [3.63, 3.8) is 0 Å². The van der Waals surface area contributed by atoms with Crippen molar-refractivity contribution in [2.75, 3.05) is 0 Å². The Morgan fingerprint density at radius 3 is 2.60 bits per heavy atom. The molecule has 0 radical (unpaired) electrons. The van der Waals surface area contributed by atoms with E-state index in [2.05, 4.69) is 15.0 Å². The number of aromatic nitrogens is 3. The van der Waals surface area contributed by atoms with Gasteiger partial charge in [-0.05, 0) is 49.7 Å². The average Bonchev–Trinajstić information content (AvgIpc) is 3.16. The summed E-state index contributed by atoms with van der Waals surface area (Å²) in [6, 6.07) is 18.6. The largest absolute Gasteiger partial charge is 0.490 e. The minimum Gasteiger partial charge on any atom is -0.490 e. The van der Waals surface area contributed by atoms with Crippen molar-refractivity contribution in [1.82, 2.24) is 15.0 Å². The number of hydrogen-bond acceptors (Lipinski definition) is 5. The third kappa shape index (κ3) is 4.25. The zero-order chi connectivity index (χ0) is 21.1. The predicted octanol–water partition coefficient (Wildman–Crippen LogP) is 4.69. The van der Waals surface area contributed by atoms with Gasteiger partial charge in [0.1, 0.15) is 23.9 Å². The number of benzene rings is 2. The molecule has 0 bridgehead atoms. The SMILES string of the molecule is CC(C)Oc1ccc(OCc2ccccc2)cc1-c1nc2nc(C(=O)O)ccc2[nH]1. The van der Waals surface area contributed by atoms with Gasteiger partial charge in [0.2, 0.25) is 0 Å². The Kier molecular flexibility index (Phi) is 5.34. The van der Waals surface area contributed by atoms with E-state index in [1.807, 2.05) is 62.4 Å². The lowest BCUT2D eigenvalue weighted by Crippen LogP contribution is -2.07. The van der Waals surface area contributed by atoms with Crippen LogP contribution >= 0.6 is 0 Å². The number of carboxylic acid groups (broad SMARTS) is 1. The predicted molar refractivity (Wildman–Crippen MR) is 113 cm³/mol. The molecule has 2 aromatic carbocycles.